The first kappa shape index (κ1) is 21.5. The summed E-state index contributed by atoms with van der Waals surface area (Å²) in [7, 11) is 0. The summed E-state index contributed by atoms with van der Waals surface area (Å²) >= 11 is 1.56. The number of amides is 2. The maximum atomic E-state index is 13.9. The summed E-state index contributed by atoms with van der Waals surface area (Å²) in [4.78, 5) is 30.0. The highest BCUT2D eigenvalue weighted by atomic mass is 32.1. The van der Waals surface area contributed by atoms with Crippen molar-refractivity contribution >= 4 is 28.8 Å². The number of carbonyl (C=O) groups is 2. The lowest BCUT2D eigenvalue weighted by atomic mass is 9.92. The van der Waals surface area contributed by atoms with Crippen molar-refractivity contribution in [1.29, 1.82) is 0 Å². The first-order valence-electron chi connectivity index (χ1n) is 10.8. The van der Waals surface area contributed by atoms with Gasteiger partial charge in [-0.2, -0.15) is 5.10 Å². The fraction of sp³-hybridized carbons (Fsp3) is 0.375. The number of nitrogens with one attached hydrogen (secondary N) is 1. The average molecular weight is 467 g/mol. The molecule has 0 unspecified atom stereocenters. The van der Waals surface area contributed by atoms with Gasteiger partial charge in [0.1, 0.15) is 30.1 Å². The van der Waals surface area contributed by atoms with Crippen LogP contribution in [0.3, 0.4) is 0 Å². The van der Waals surface area contributed by atoms with Crippen LogP contribution < -0.4 is 19.7 Å². The topological polar surface area (TPSA) is 85.7 Å². The highest BCUT2D eigenvalue weighted by molar-refractivity contribution is 7.13. The van der Waals surface area contributed by atoms with Gasteiger partial charge >= 0.3 is 0 Å². The lowest BCUT2D eigenvalue weighted by Gasteiger charge is -2.44. The zero-order chi connectivity index (χ0) is 23.4. The lowest BCUT2D eigenvalue weighted by Crippen LogP contribution is -2.66. The van der Waals surface area contributed by atoms with Crippen LogP contribution in [0.2, 0.25) is 0 Å². The number of ether oxygens (including phenoxy) is 2. The highest BCUT2D eigenvalue weighted by Crippen LogP contribution is 2.39. The third-order valence-corrected chi connectivity index (χ3v) is 6.58. The van der Waals surface area contributed by atoms with E-state index in [1.165, 1.54) is 0 Å². The molecule has 5 rings (SSSR count). The summed E-state index contributed by atoms with van der Waals surface area (Å²) in [5.41, 5.74) is 0.0554. The van der Waals surface area contributed by atoms with Gasteiger partial charge in [-0.15, -0.1) is 11.3 Å². The normalized spacial score (nSPS) is 19.9. The molecule has 1 aromatic carbocycles. The fourth-order valence-corrected chi connectivity index (χ4v) is 4.86. The molecule has 0 saturated heterocycles. The summed E-state index contributed by atoms with van der Waals surface area (Å²) in [6.45, 7) is 8.66. The molecule has 33 heavy (non-hydrogen) atoms. The largest absolute Gasteiger partial charge is 0.486 e. The number of fused-ring (bicyclic) bond motifs is 2. The van der Waals surface area contributed by atoms with Gasteiger partial charge in [-0.05, 0) is 57.3 Å². The Labute approximate surface area is 196 Å². The maximum absolute atomic E-state index is 13.9. The van der Waals surface area contributed by atoms with Crippen LogP contribution in [0, 0.1) is 0 Å². The third-order valence-electron chi connectivity index (χ3n) is 5.69. The average Bonchev–Trinajstić information content (AvgIpc) is 3.42. The Hall–Kier alpha value is -3.33. The maximum Gasteiger partial charge on any atom is 0.277 e. The molecular weight excluding hydrogens is 440 g/mol. The van der Waals surface area contributed by atoms with E-state index in [0.29, 0.717) is 36.1 Å². The molecule has 172 valence electrons. The van der Waals surface area contributed by atoms with Gasteiger partial charge in [0.05, 0.1) is 11.4 Å². The quantitative estimate of drug-likeness (QED) is 0.636. The Morgan fingerprint density at radius 2 is 1.91 bits per heavy atom. The summed E-state index contributed by atoms with van der Waals surface area (Å²) in [6.07, 6.45) is 0. The molecule has 0 saturated carbocycles. The van der Waals surface area contributed by atoms with Gasteiger partial charge < -0.3 is 14.8 Å². The summed E-state index contributed by atoms with van der Waals surface area (Å²) in [5.74, 6) is 0.640. The molecule has 2 amide bonds. The molecule has 8 nitrogen and oxygen atoms in total. The minimum Gasteiger partial charge on any atom is -0.486 e. The van der Waals surface area contributed by atoms with Gasteiger partial charge in [0.15, 0.2) is 11.5 Å². The molecule has 0 radical (unpaired) electrons. The molecule has 2 aromatic heterocycles. The second-order valence-electron chi connectivity index (χ2n) is 9.50. The van der Waals surface area contributed by atoms with Crippen molar-refractivity contribution in [3.63, 3.8) is 0 Å². The number of nitrogens with zero attached hydrogens (tertiary/aromatic N) is 3. The Morgan fingerprint density at radius 3 is 2.61 bits per heavy atom. The van der Waals surface area contributed by atoms with E-state index in [9.17, 15) is 9.59 Å². The number of rotatable bonds is 3. The van der Waals surface area contributed by atoms with Crippen LogP contribution in [0.15, 0.2) is 41.8 Å². The first-order valence-corrected chi connectivity index (χ1v) is 11.7. The van der Waals surface area contributed by atoms with Crippen molar-refractivity contribution in [2.24, 2.45) is 0 Å². The number of benzene rings is 1. The Kier molecular flexibility index (Phi) is 4.97. The third kappa shape index (κ3) is 3.76. The summed E-state index contributed by atoms with van der Waals surface area (Å²) in [6, 6.07) is 11.0. The zero-order valence-electron chi connectivity index (χ0n) is 19.0. The van der Waals surface area contributed by atoms with E-state index in [1.54, 1.807) is 52.1 Å². The van der Waals surface area contributed by atoms with Gasteiger partial charge in [0.2, 0.25) is 5.91 Å². The highest BCUT2D eigenvalue weighted by Gasteiger charge is 2.49. The van der Waals surface area contributed by atoms with Crippen LogP contribution in [0.25, 0.3) is 10.6 Å². The molecule has 0 fully saturated rings. The van der Waals surface area contributed by atoms with Crippen LogP contribution in [0.5, 0.6) is 11.5 Å². The summed E-state index contributed by atoms with van der Waals surface area (Å²) in [5, 5.41) is 9.69. The van der Waals surface area contributed by atoms with Crippen molar-refractivity contribution in [2.45, 2.75) is 45.3 Å². The summed E-state index contributed by atoms with van der Waals surface area (Å²) < 4.78 is 13.0. The van der Waals surface area contributed by atoms with E-state index in [2.05, 4.69) is 10.4 Å². The van der Waals surface area contributed by atoms with E-state index < -0.39 is 11.1 Å². The number of carbonyl (C=O) groups excluding carboxylic acids is 2. The van der Waals surface area contributed by atoms with Crippen LogP contribution in [-0.2, 0) is 11.3 Å². The van der Waals surface area contributed by atoms with Crippen LogP contribution >= 0.6 is 11.3 Å². The second-order valence-corrected chi connectivity index (χ2v) is 10.4. The number of hydrogen-bond donors (Lipinski definition) is 1. The second kappa shape index (κ2) is 7.62. The fourth-order valence-electron chi connectivity index (χ4n) is 4.18. The smallest absolute Gasteiger partial charge is 0.277 e. The van der Waals surface area contributed by atoms with Crippen LogP contribution in [-0.4, -0.2) is 45.9 Å². The Balaban J connectivity index is 1.62. The molecule has 0 bridgehead atoms. The molecule has 4 heterocycles. The monoisotopic (exact) mass is 466 g/mol. The van der Waals surface area contributed by atoms with E-state index in [4.69, 9.17) is 9.47 Å². The standard InChI is InChI=1S/C24H26N4O4S/c1-23(2,3)25-22(30)24(4)14-27-17(13-16(26-27)20-6-5-11-33-20)21(29)28(24)15-7-8-18-19(12-15)32-10-9-31-18/h5-8,11-13H,9-10,14H2,1-4H3,(H,25,30)/t24-/m1/s1. The van der Waals surface area contributed by atoms with Crippen molar-refractivity contribution in [1.82, 2.24) is 15.1 Å². The van der Waals surface area contributed by atoms with Crippen LogP contribution in [0.4, 0.5) is 5.69 Å². The first-order chi connectivity index (χ1) is 15.7. The molecule has 9 heteroatoms. The molecule has 1 N–H and O–H groups in total. The van der Waals surface area contributed by atoms with Gasteiger partial charge in [0.25, 0.3) is 5.91 Å². The number of thiophene rings is 1. The van der Waals surface area contributed by atoms with E-state index >= 15 is 0 Å². The lowest BCUT2D eigenvalue weighted by molar-refractivity contribution is -0.128. The Morgan fingerprint density at radius 1 is 1.15 bits per heavy atom. The predicted octanol–water partition coefficient (Wildman–Crippen LogP) is 3.72. The zero-order valence-corrected chi connectivity index (χ0v) is 19.9. The Bertz CT molecular complexity index is 1230. The minimum atomic E-state index is -1.21. The van der Waals surface area contributed by atoms with Gasteiger partial charge in [-0.1, -0.05) is 6.07 Å². The van der Waals surface area contributed by atoms with Crippen molar-refractivity contribution in [2.75, 3.05) is 18.1 Å². The number of aromatic nitrogens is 2. The number of anilines is 1. The van der Waals surface area contributed by atoms with E-state index in [0.717, 1.165) is 10.6 Å². The van der Waals surface area contributed by atoms with Gasteiger partial charge in [-0.3, -0.25) is 19.2 Å². The molecular formula is C24H26N4O4S. The SMILES string of the molecule is CC(C)(C)NC(=O)[C@@]1(C)Cn2nc(-c3cccs3)cc2C(=O)N1c1ccc2c(c1)OCCO2. The van der Waals surface area contributed by atoms with Gasteiger partial charge in [0, 0.05) is 17.3 Å². The van der Waals surface area contributed by atoms with Crippen LogP contribution in [0.1, 0.15) is 38.2 Å². The molecule has 2 aliphatic heterocycles. The molecule has 1 atom stereocenters. The van der Waals surface area contributed by atoms with E-state index in [-0.39, 0.29) is 18.4 Å². The molecule has 0 spiro atoms. The minimum absolute atomic E-state index is 0.218. The predicted molar refractivity (Wildman–Crippen MR) is 126 cm³/mol. The van der Waals surface area contributed by atoms with Crippen molar-refractivity contribution in [3.8, 4) is 22.1 Å². The molecule has 3 aromatic rings. The molecule has 2 aliphatic rings. The number of hydrogen-bond acceptors (Lipinski definition) is 6. The van der Waals surface area contributed by atoms with Gasteiger partial charge in [-0.25, -0.2) is 0 Å². The van der Waals surface area contributed by atoms with E-state index in [1.807, 2.05) is 38.3 Å². The van der Waals surface area contributed by atoms with Crippen molar-refractivity contribution in [3.05, 3.63) is 47.5 Å². The van der Waals surface area contributed by atoms with Crippen molar-refractivity contribution < 1.29 is 19.1 Å². The molecule has 0 aliphatic carbocycles.